The summed E-state index contributed by atoms with van der Waals surface area (Å²) in [4.78, 5) is 14.8. The van der Waals surface area contributed by atoms with Crippen LogP contribution in [0.1, 0.15) is 52.7 Å². The maximum atomic E-state index is 12.3. The van der Waals surface area contributed by atoms with Gasteiger partial charge in [-0.15, -0.1) is 11.3 Å². The summed E-state index contributed by atoms with van der Waals surface area (Å²) in [6, 6.07) is 2.07. The molecule has 0 saturated heterocycles. The maximum Gasteiger partial charge on any atom is 0.167 e. The van der Waals surface area contributed by atoms with E-state index in [1.165, 1.54) is 22.6 Å². The summed E-state index contributed by atoms with van der Waals surface area (Å²) in [5.74, 6) is 1.51. The minimum absolute atomic E-state index is 0.295. The van der Waals surface area contributed by atoms with Crippen molar-refractivity contribution in [3.63, 3.8) is 0 Å². The molecule has 2 rings (SSSR count). The third kappa shape index (κ3) is 2.37. The number of thiophene rings is 1. The number of hydrogen-bond acceptors (Lipinski definition) is 2. The molecule has 1 aliphatic carbocycles. The van der Waals surface area contributed by atoms with Crippen molar-refractivity contribution >= 4 is 17.1 Å². The van der Waals surface area contributed by atoms with E-state index in [0.717, 1.165) is 24.3 Å². The summed E-state index contributed by atoms with van der Waals surface area (Å²) in [6.45, 7) is 6.44. The van der Waals surface area contributed by atoms with Gasteiger partial charge in [-0.2, -0.15) is 0 Å². The van der Waals surface area contributed by atoms with Crippen LogP contribution in [0.5, 0.6) is 0 Å². The van der Waals surface area contributed by atoms with Gasteiger partial charge in [0.05, 0.1) is 0 Å². The Morgan fingerprint density at radius 1 is 1.25 bits per heavy atom. The lowest BCUT2D eigenvalue weighted by Crippen LogP contribution is -2.21. The van der Waals surface area contributed by atoms with Crippen molar-refractivity contribution in [1.29, 1.82) is 0 Å². The molecular weight excluding hydrogens is 216 g/mol. The molecule has 1 aromatic heterocycles. The smallest absolute Gasteiger partial charge is 0.167 e. The first-order valence-corrected chi connectivity index (χ1v) is 7.01. The SMILES string of the molecule is Cc1cc(C(=O)C2CCC(C)CC2)c(C)s1. The fourth-order valence-corrected chi connectivity index (χ4v) is 3.55. The Balaban J connectivity index is 2.10. The van der Waals surface area contributed by atoms with Gasteiger partial charge in [-0.25, -0.2) is 0 Å². The Bertz CT molecular complexity index is 383. The summed E-state index contributed by atoms with van der Waals surface area (Å²) < 4.78 is 0. The zero-order valence-electron chi connectivity index (χ0n) is 10.4. The summed E-state index contributed by atoms with van der Waals surface area (Å²) in [7, 11) is 0. The third-order valence-electron chi connectivity index (χ3n) is 3.69. The predicted octanol–water partition coefficient (Wildman–Crippen LogP) is 4.37. The second-order valence-corrected chi connectivity index (χ2v) is 6.61. The highest BCUT2D eigenvalue weighted by Gasteiger charge is 2.26. The highest BCUT2D eigenvalue weighted by atomic mass is 32.1. The first-order valence-electron chi connectivity index (χ1n) is 6.19. The van der Waals surface area contributed by atoms with Crippen LogP contribution in [0.3, 0.4) is 0 Å². The second kappa shape index (κ2) is 4.70. The molecule has 1 nitrogen and oxygen atoms in total. The fourth-order valence-electron chi connectivity index (χ4n) is 2.62. The molecule has 0 amide bonds. The average Bonchev–Trinajstić information content (AvgIpc) is 2.58. The van der Waals surface area contributed by atoms with Gasteiger partial charge in [-0.05, 0) is 38.7 Å². The van der Waals surface area contributed by atoms with Gasteiger partial charge >= 0.3 is 0 Å². The van der Waals surface area contributed by atoms with Crippen LogP contribution in [-0.4, -0.2) is 5.78 Å². The number of Topliss-reactive ketones (excluding diaryl/α,β-unsaturated/α-hetero) is 1. The van der Waals surface area contributed by atoms with E-state index < -0.39 is 0 Å². The molecule has 1 heterocycles. The first kappa shape index (κ1) is 11.8. The van der Waals surface area contributed by atoms with Gasteiger partial charge in [-0.3, -0.25) is 4.79 Å². The first-order chi connectivity index (χ1) is 7.58. The van der Waals surface area contributed by atoms with Crippen molar-refractivity contribution in [2.75, 3.05) is 0 Å². The summed E-state index contributed by atoms with van der Waals surface area (Å²) >= 11 is 1.74. The molecule has 0 N–H and O–H groups in total. The van der Waals surface area contributed by atoms with Gasteiger partial charge in [0, 0.05) is 21.2 Å². The van der Waals surface area contributed by atoms with Crippen molar-refractivity contribution < 1.29 is 4.79 Å². The quantitative estimate of drug-likeness (QED) is 0.697. The minimum Gasteiger partial charge on any atom is -0.294 e. The Hall–Kier alpha value is -0.630. The van der Waals surface area contributed by atoms with Crippen molar-refractivity contribution in [3.05, 3.63) is 21.4 Å². The number of carbonyl (C=O) groups is 1. The Labute approximate surface area is 102 Å². The van der Waals surface area contributed by atoms with Crippen molar-refractivity contribution in [2.45, 2.75) is 46.5 Å². The molecule has 0 atom stereocenters. The molecule has 1 aromatic rings. The van der Waals surface area contributed by atoms with E-state index in [1.807, 2.05) is 0 Å². The Kier molecular flexibility index (Phi) is 3.48. The van der Waals surface area contributed by atoms with E-state index in [-0.39, 0.29) is 0 Å². The number of carbonyl (C=O) groups excluding carboxylic acids is 1. The van der Waals surface area contributed by atoms with Crippen LogP contribution >= 0.6 is 11.3 Å². The molecule has 1 saturated carbocycles. The van der Waals surface area contributed by atoms with Crippen LogP contribution in [0.15, 0.2) is 6.07 Å². The van der Waals surface area contributed by atoms with E-state index in [2.05, 4.69) is 26.8 Å². The predicted molar refractivity (Wildman–Crippen MR) is 69.2 cm³/mol. The lowest BCUT2D eigenvalue weighted by molar-refractivity contribution is 0.0875. The van der Waals surface area contributed by atoms with Crippen molar-refractivity contribution in [1.82, 2.24) is 0 Å². The van der Waals surface area contributed by atoms with Crippen LogP contribution < -0.4 is 0 Å². The molecule has 0 unspecified atom stereocenters. The van der Waals surface area contributed by atoms with Gasteiger partial charge in [0.2, 0.25) is 0 Å². The third-order valence-corrected chi connectivity index (χ3v) is 4.66. The maximum absolute atomic E-state index is 12.3. The van der Waals surface area contributed by atoms with E-state index in [9.17, 15) is 4.79 Å². The van der Waals surface area contributed by atoms with Crippen molar-refractivity contribution in [2.24, 2.45) is 11.8 Å². The largest absolute Gasteiger partial charge is 0.294 e. The molecule has 88 valence electrons. The standard InChI is InChI=1S/C14H20OS/c1-9-4-6-12(7-5-9)14(15)13-8-10(2)16-11(13)3/h8-9,12H,4-7H2,1-3H3. The van der Waals surface area contributed by atoms with E-state index in [0.29, 0.717) is 11.7 Å². The fraction of sp³-hybridized carbons (Fsp3) is 0.643. The monoisotopic (exact) mass is 236 g/mol. The summed E-state index contributed by atoms with van der Waals surface area (Å²) in [5.41, 5.74) is 0.988. The lowest BCUT2D eigenvalue weighted by Gasteiger charge is -2.24. The van der Waals surface area contributed by atoms with Crippen LogP contribution in [0.4, 0.5) is 0 Å². The van der Waals surface area contributed by atoms with Gasteiger partial charge in [0.1, 0.15) is 0 Å². The number of rotatable bonds is 2. The van der Waals surface area contributed by atoms with Crippen LogP contribution in [0.2, 0.25) is 0 Å². The van der Waals surface area contributed by atoms with Gasteiger partial charge in [-0.1, -0.05) is 19.8 Å². The molecule has 0 spiro atoms. The van der Waals surface area contributed by atoms with Crippen LogP contribution in [-0.2, 0) is 0 Å². The topological polar surface area (TPSA) is 17.1 Å². The lowest BCUT2D eigenvalue weighted by atomic mass is 9.79. The summed E-state index contributed by atoms with van der Waals surface area (Å²) in [5, 5.41) is 0. The van der Waals surface area contributed by atoms with E-state index >= 15 is 0 Å². The molecule has 0 bridgehead atoms. The molecule has 16 heavy (non-hydrogen) atoms. The van der Waals surface area contributed by atoms with E-state index in [1.54, 1.807) is 11.3 Å². The number of aryl methyl sites for hydroxylation is 2. The highest BCUT2D eigenvalue weighted by Crippen LogP contribution is 2.32. The normalized spacial score (nSPS) is 25.7. The molecule has 1 fully saturated rings. The molecule has 2 heteroatoms. The van der Waals surface area contributed by atoms with Crippen LogP contribution in [0.25, 0.3) is 0 Å². The molecule has 0 aliphatic heterocycles. The number of hydrogen-bond donors (Lipinski definition) is 0. The average molecular weight is 236 g/mol. The second-order valence-electron chi connectivity index (χ2n) is 5.15. The van der Waals surface area contributed by atoms with E-state index in [4.69, 9.17) is 0 Å². The summed E-state index contributed by atoms with van der Waals surface area (Å²) in [6.07, 6.45) is 4.62. The Morgan fingerprint density at radius 3 is 2.38 bits per heavy atom. The van der Waals surface area contributed by atoms with Crippen molar-refractivity contribution in [3.8, 4) is 0 Å². The Morgan fingerprint density at radius 2 is 1.88 bits per heavy atom. The zero-order valence-corrected chi connectivity index (χ0v) is 11.2. The molecule has 0 aromatic carbocycles. The zero-order chi connectivity index (χ0) is 11.7. The minimum atomic E-state index is 0.295. The van der Waals surface area contributed by atoms with Crippen LogP contribution in [0, 0.1) is 25.7 Å². The molecular formula is C14H20OS. The molecule has 0 radical (unpaired) electrons. The van der Waals surface area contributed by atoms with Gasteiger partial charge < -0.3 is 0 Å². The number of ketones is 1. The van der Waals surface area contributed by atoms with Gasteiger partial charge in [0.15, 0.2) is 5.78 Å². The molecule has 1 aliphatic rings. The van der Waals surface area contributed by atoms with Gasteiger partial charge in [0.25, 0.3) is 0 Å². The highest BCUT2D eigenvalue weighted by molar-refractivity contribution is 7.12.